The van der Waals surface area contributed by atoms with Gasteiger partial charge in [0.05, 0.1) is 12.1 Å². The number of benzene rings is 1. The van der Waals surface area contributed by atoms with Crippen molar-refractivity contribution in [3.05, 3.63) is 35.9 Å². The third-order valence-corrected chi connectivity index (χ3v) is 6.51. The maximum absolute atomic E-state index is 6.26. The number of hydrogen-bond acceptors (Lipinski definition) is 3. The van der Waals surface area contributed by atoms with E-state index in [1.165, 1.54) is 5.56 Å². The second-order valence-corrected chi connectivity index (χ2v) is 8.70. The average Bonchev–Trinajstić information content (AvgIpc) is 3.10. The van der Waals surface area contributed by atoms with Crippen LogP contribution in [0.3, 0.4) is 0 Å². The summed E-state index contributed by atoms with van der Waals surface area (Å²) in [4.78, 5) is 7.37. The van der Waals surface area contributed by atoms with E-state index in [-0.39, 0.29) is 29.4 Å². The number of piperidine rings is 1. The molecule has 0 amide bonds. The van der Waals surface area contributed by atoms with Crippen LogP contribution in [0, 0.1) is 11.3 Å². The Morgan fingerprint density at radius 2 is 1.93 bits per heavy atom. The van der Waals surface area contributed by atoms with Crippen molar-refractivity contribution in [2.45, 2.75) is 57.8 Å². The van der Waals surface area contributed by atoms with Crippen LogP contribution in [0.1, 0.15) is 38.7 Å². The first-order chi connectivity index (χ1) is 12.5. The van der Waals surface area contributed by atoms with E-state index in [1.54, 1.807) is 0 Å². The molecule has 1 aromatic rings. The summed E-state index contributed by atoms with van der Waals surface area (Å²) in [5.74, 6) is 1.17. The van der Waals surface area contributed by atoms with Gasteiger partial charge in [-0.25, -0.2) is 4.99 Å². The van der Waals surface area contributed by atoms with Crippen LogP contribution in [0.15, 0.2) is 35.3 Å². The zero-order chi connectivity index (χ0) is 18.1. The summed E-state index contributed by atoms with van der Waals surface area (Å²) >= 11 is 0. The average molecular weight is 484 g/mol. The van der Waals surface area contributed by atoms with Gasteiger partial charge in [0.25, 0.3) is 0 Å². The van der Waals surface area contributed by atoms with Crippen molar-refractivity contribution in [3.8, 4) is 0 Å². The Kier molecular flexibility index (Phi) is 6.69. The molecule has 2 aliphatic heterocycles. The number of fused-ring (bicyclic) bond motifs is 1. The van der Waals surface area contributed by atoms with Crippen molar-refractivity contribution < 1.29 is 4.74 Å². The lowest BCUT2D eigenvalue weighted by Crippen LogP contribution is -2.60. The van der Waals surface area contributed by atoms with E-state index in [2.05, 4.69) is 54.4 Å². The standard InChI is InChI=1S/C21H32N4O.HI/c1-21(2)18(17-10-13-26-19(17)21)24-20(22)23-16-8-11-25(12-9-16)14-15-6-4-3-5-7-15;/h3-7,16-19H,8-14H2,1-2H3,(H3,22,23,24);1H. The Balaban J connectivity index is 0.00000210. The smallest absolute Gasteiger partial charge is 0.189 e. The molecule has 1 saturated carbocycles. The highest BCUT2D eigenvalue weighted by atomic mass is 127. The SMILES string of the molecule is CC1(C)C(N=C(N)NC2CCN(Cc3ccccc3)CC2)C2CCOC21.I. The molecule has 2 saturated heterocycles. The number of rotatable bonds is 4. The Hall–Kier alpha value is -0.860. The van der Waals surface area contributed by atoms with Crippen molar-refractivity contribution in [2.24, 2.45) is 22.1 Å². The quantitative estimate of drug-likeness (QED) is 0.392. The Morgan fingerprint density at radius 1 is 1.22 bits per heavy atom. The van der Waals surface area contributed by atoms with Gasteiger partial charge < -0.3 is 15.8 Å². The molecule has 3 N–H and O–H groups in total. The first-order valence-corrected chi connectivity index (χ1v) is 10.0. The van der Waals surface area contributed by atoms with E-state index < -0.39 is 0 Å². The summed E-state index contributed by atoms with van der Waals surface area (Å²) < 4.78 is 5.85. The van der Waals surface area contributed by atoms with Gasteiger partial charge in [0.15, 0.2) is 5.96 Å². The fourth-order valence-electron chi connectivity index (χ4n) is 5.03. The van der Waals surface area contributed by atoms with Crippen LogP contribution in [0.2, 0.25) is 0 Å². The molecule has 0 spiro atoms. The number of ether oxygens (including phenoxy) is 1. The summed E-state index contributed by atoms with van der Waals surface area (Å²) in [6, 6.07) is 11.4. The molecule has 1 aromatic carbocycles. The zero-order valence-corrected chi connectivity index (χ0v) is 18.8. The van der Waals surface area contributed by atoms with E-state index >= 15 is 0 Å². The molecule has 4 rings (SSSR count). The predicted molar refractivity (Wildman–Crippen MR) is 120 cm³/mol. The van der Waals surface area contributed by atoms with Crippen molar-refractivity contribution in [1.82, 2.24) is 10.2 Å². The predicted octanol–water partition coefficient (Wildman–Crippen LogP) is 2.99. The van der Waals surface area contributed by atoms with Crippen LogP contribution in [0.4, 0.5) is 0 Å². The second-order valence-electron chi connectivity index (χ2n) is 8.70. The molecule has 3 aliphatic rings. The first kappa shape index (κ1) is 20.9. The van der Waals surface area contributed by atoms with Crippen LogP contribution >= 0.6 is 24.0 Å². The van der Waals surface area contributed by atoms with Gasteiger partial charge in [-0.3, -0.25) is 4.90 Å². The number of hydrogen-bond donors (Lipinski definition) is 2. The maximum Gasteiger partial charge on any atom is 0.189 e. The fraction of sp³-hybridized carbons (Fsp3) is 0.667. The van der Waals surface area contributed by atoms with Gasteiger partial charge in [-0.05, 0) is 24.8 Å². The number of nitrogens with two attached hydrogens (primary N) is 1. The van der Waals surface area contributed by atoms with Gasteiger partial charge in [0.2, 0.25) is 0 Å². The molecule has 0 bridgehead atoms. The van der Waals surface area contributed by atoms with E-state index in [9.17, 15) is 0 Å². The Labute approximate surface area is 180 Å². The van der Waals surface area contributed by atoms with Gasteiger partial charge in [-0.1, -0.05) is 44.2 Å². The van der Waals surface area contributed by atoms with Crippen molar-refractivity contribution in [2.75, 3.05) is 19.7 Å². The van der Waals surface area contributed by atoms with Gasteiger partial charge in [-0.2, -0.15) is 0 Å². The molecule has 0 radical (unpaired) electrons. The lowest BCUT2D eigenvalue weighted by Gasteiger charge is -2.52. The van der Waals surface area contributed by atoms with E-state index in [0.29, 0.717) is 30.1 Å². The molecule has 3 unspecified atom stereocenters. The van der Waals surface area contributed by atoms with E-state index in [4.69, 9.17) is 15.5 Å². The van der Waals surface area contributed by atoms with Crippen LogP contribution < -0.4 is 11.1 Å². The van der Waals surface area contributed by atoms with Crippen LogP contribution in [-0.4, -0.2) is 48.7 Å². The summed E-state index contributed by atoms with van der Waals surface area (Å²) in [6.45, 7) is 8.63. The summed E-state index contributed by atoms with van der Waals surface area (Å²) in [5, 5.41) is 3.48. The lowest BCUT2D eigenvalue weighted by atomic mass is 9.57. The van der Waals surface area contributed by atoms with Crippen LogP contribution in [0.5, 0.6) is 0 Å². The first-order valence-electron chi connectivity index (χ1n) is 10.0. The highest BCUT2D eigenvalue weighted by Crippen LogP contribution is 2.53. The molecule has 1 aliphatic carbocycles. The topological polar surface area (TPSA) is 62.9 Å². The Bertz CT molecular complexity index is 643. The molecule has 150 valence electrons. The maximum atomic E-state index is 6.26. The summed E-state index contributed by atoms with van der Waals surface area (Å²) in [6.07, 6.45) is 3.72. The van der Waals surface area contributed by atoms with Crippen molar-refractivity contribution >= 4 is 29.9 Å². The summed E-state index contributed by atoms with van der Waals surface area (Å²) in [5.41, 5.74) is 7.75. The summed E-state index contributed by atoms with van der Waals surface area (Å²) in [7, 11) is 0. The van der Waals surface area contributed by atoms with E-state index in [1.807, 2.05) is 0 Å². The molecule has 0 aromatic heterocycles. The third-order valence-electron chi connectivity index (χ3n) is 6.51. The van der Waals surface area contributed by atoms with Gasteiger partial charge >= 0.3 is 0 Å². The van der Waals surface area contributed by atoms with Gasteiger partial charge in [0.1, 0.15) is 0 Å². The molecule has 3 fully saturated rings. The second kappa shape index (κ2) is 8.66. The third kappa shape index (κ3) is 4.43. The van der Waals surface area contributed by atoms with Crippen LogP contribution in [0.25, 0.3) is 0 Å². The molecule has 27 heavy (non-hydrogen) atoms. The van der Waals surface area contributed by atoms with Crippen molar-refractivity contribution in [1.29, 1.82) is 0 Å². The van der Waals surface area contributed by atoms with E-state index in [0.717, 1.165) is 45.5 Å². The van der Waals surface area contributed by atoms with Crippen molar-refractivity contribution in [3.63, 3.8) is 0 Å². The minimum absolute atomic E-state index is 0. The minimum atomic E-state index is 0. The number of nitrogens with one attached hydrogen (secondary N) is 1. The highest BCUT2D eigenvalue weighted by Gasteiger charge is 2.59. The largest absolute Gasteiger partial charge is 0.377 e. The fourth-order valence-corrected chi connectivity index (χ4v) is 5.03. The molecular weight excluding hydrogens is 451 g/mol. The van der Waals surface area contributed by atoms with Gasteiger partial charge in [-0.15, -0.1) is 24.0 Å². The number of halogens is 1. The molecule has 3 atom stereocenters. The number of aliphatic imine (C=N–C) groups is 1. The monoisotopic (exact) mass is 484 g/mol. The molecular formula is C21H33IN4O. The molecule has 5 nitrogen and oxygen atoms in total. The highest BCUT2D eigenvalue weighted by molar-refractivity contribution is 14.0. The minimum Gasteiger partial charge on any atom is -0.377 e. The van der Waals surface area contributed by atoms with Crippen LogP contribution in [-0.2, 0) is 11.3 Å². The number of nitrogens with zero attached hydrogens (tertiary/aromatic N) is 2. The van der Waals surface area contributed by atoms with Gasteiger partial charge in [0, 0.05) is 43.6 Å². The molecule has 2 heterocycles. The number of likely N-dealkylation sites (tertiary alicyclic amines) is 1. The normalized spacial score (nSPS) is 30.9. The number of guanidine groups is 1. The molecule has 6 heteroatoms. The zero-order valence-electron chi connectivity index (χ0n) is 16.4. The Morgan fingerprint density at radius 3 is 2.63 bits per heavy atom. The lowest BCUT2D eigenvalue weighted by molar-refractivity contribution is -0.0986.